The number of hydrogen-bond donors (Lipinski definition) is 4. The summed E-state index contributed by atoms with van der Waals surface area (Å²) >= 11 is 19.9. The predicted molar refractivity (Wildman–Crippen MR) is 486 cm³/mol. The van der Waals surface area contributed by atoms with E-state index in [2.05, 4.69) is 33.4 Å². The molecule has 11 aromatic rings. The highest BCUT2D eigenvalue weighted by Gasteiger charge is 2.29. The van der Waals surface area contributed by atoms with Crippen molar-refractivity contribution in [3.05, 3.63) is 265 Å². The summed E-state index contributed by atoms with van der Waals surface area (Å²) < 4.78 is 106. The minimum absolute atomic E-state index is 0.00853. The minimum Gasteiger partial charge on any atom is -0.398 e. The third kappa shape index (κ3) is 29.8. The van der Waals surface area contributed by atoms with E-state index < -0.39 is 80.9 Å². The number of rotatable bonds is 16. The van der Waals surface area contributed by atoms with Crippen LogP contribution in [0.2, 0.25) is 15.3 Å². The second-order valence-electron chi connectivity index (χ2n) is 26.9. The molecule has 7 atom stereocenters. The summed E-state index contributed by atoms with van der Waals surface area (Å²) in [7, 11) is -7.27. The Hall–Kier alpha value is -11.1. The van der Waals surface area contributed by atoms with Crippen LogP contribution in [-0.2, 0) is 64.0 Å². The van der Waals surface area contributed by atoms with Gasteiger partial charge in [0.1, 0.15) is 60.1 Å². The van der Waals surface area contributed by atoms with Crippen LogP contribution in [0.1, 0.15) is 75.5 Å². The Kier molecular flexibility index (Phi) is 39.3. The van der Waals surface area contributed by atoms with Crippen LogP contribution in [0.25, 0.3) is 22.3 Å². The first-order valence-corrected chi connectivity index (χ1v) is 48.9. The number of nitro benzene ring substituents is 5. The second-order valence-corrected chi connectivity index (χ2v) is 39.6. The number of nitrogens with one attached hydrogen (secondary N) is 2. The molecule has 7 unspecified atom stereocenters. The molecule has 14 rings (SSSR count). The van der Waals surface area contributed by atoms with Crippen molar-refractivity contribution in [1.82, 2.24) is 29.1 Å². The summed E-state index contributed by atoms with van der Waals surface area (Å²) in [5, 5.41) is 56.5. The molecule has 2 aliphatic heterocycles. The number of carbonyl (C=O) groups is 1. The molecule has 1 saturated carbocycles. The van der Waals surface area contributed by atoms with Gasteiger partial charge in [-0.2, -0.15) is 4.39 Å². The number of nitrogens with zero attached hydrogens (tertiary/aromatic N) is 14. The molecule has 1 amide bonds. The van der Waals surface area contributed by atoms with Gasteiger partial charge in [0.25, 0.3) is 22.7 Å². The van der Waals surface area contributed by atoms with Crippen molar-refractivity contribution >= 4 is 170 Å². The molecule has 1 aliphatic carbocycles. The van der Waals surface area contributed by atoms with Gasteiger partial charge in [0.15, 0.2) is 11.3 Å². The van der Waals surface area contributed by atoms with Crippen molar-refractivity contribution in [2.24, 2.45) is 24.7 Å². The number of halogens is 4. The number of carbonyl (C=O) groups excluding carboxylic acids is 1. The topological polar surface area (TPSA) is 523 Å². The van der Waals surface area contributed by atoms with Crippen LogP contribution in [0.3, 0.4) is 0 Å². The van der Waals surface area contributed by atoms with E-state index in [1.54, 1.807) is 86.3 Å². The maximum absolute atomic E-state index is 12.9. The lowest BCUT2D eigenvalue weighted by molar-refractivity contribution is -0.388. The zero-order chi connectivity index (χ0) is 92.8. The van der Waals surface area contributed by atoms with E-state index in [1.165, 1.54) is 111 Å². The third-order valence-electron chi connectivity index (χ3n) is 18.0. The lowest BCUT2D eigenvalue weighted by Crippen LogP contribution is -2.19. The molecule has 4 aromatic heterocycles. The fourth-order valence-electron chi connectivity index (χ4n) is 11.5. The van der Waals surface area contributed by atoms with Crippen LogP contribution >= 0.6 is 46.6 Å². The maximum Gasteiger partial charge on any atom is 0.304 e. The Morgan fingerprint density at radius 2 is 0.928 bits per heavy atom. The Balaban J connectivity index is 0.000000224. The standard InChI is InChI=1S/C20H24ClN5O2S.C12H13Cl2N3O.C8H10N2O3S.C8H12N2OS.C7H8N2O3S.C7H7NO3S.C7H7NO2S.C6H4FNO2.C4H7NO/c1-13-23-19-15(24-14-8-4-5-9-16(14)29(3,27)22-2)12-17(21)25-20(19)26(13)18-10-6-7-11-28-18;1-7-15-11-8(13)6-9(14)16-12(11)17(7)10-4-2-3-5-18-10;1-9-14(2,13)8-6-4-3-5-7(8)10(11)12;1-10-12(2,11)8-6-4-3-5-7(8)9;1-13(8,12)7-5-3-2-4-6(7)9(10)11;1-12(11)7-5-3-2-4-6(7)8(9)10;1-11-7-5-3-2-4-6(7)8(9)10;7-5-3-1-2-4-6(5)8(9)10;5-4(6)3-1-2-3/h4-5,8-9,12,18H,6-7,10-11H2,1-3H3,(H,24,25);6,10H,2-5H2,1H3;3-6H,1-2H3;3-6H,9H2,1-2H3;2-5,8H,1H3;2-5H,1H3;2-5H,1H3;1-4H;3H,1-2H2,(H2,5,6). The van der Waals surface area contributed by atoms with Gasteiger partial charge in [0.05, 0.1) is 105 Å². The molecule has 46 heteroatoms. The predicted octanol–water partition coefficient (Wildman–Crippen LogP) is 18.6. The van der Waals surface area contributed by atoms with Gasteiger partial charge in [-0.05, 0) is 132 Å². The number of primary amides is 1. The number of nitrogens with two attached hydrogens (primary N) is 2. The van der Waals surface area contributed by atoms with Gasteiger partial charge in [-0.3, -0.25) is 68.7 Å². The van der Waals surface area contributed by atoms with Gasteiger partial charge < -0.3 is 26.3 Å². The number of amides is 1. The zero-order valence-electron chi connectivity index (χ0n) is 69.3. The first kappa shape index (κ1) is 103. The van der Waals surface area contributed by atoms with Crippen molar-refractivity contribution in [1.29, 1.82) is 4.78 Å². The molecule has 0 spiro atoms. The van der Waals surface area contributed by atoms with E-state index in [-0.39, 0.29) is 66.6 Å². The van der Waals surface area contributed by atoms with Gasteiger partial charge in [0, 0.05) is 114 Å². The highest BCUT2D eigenvalue weighted by atomic mass is 35.5. The molecular formula is C79H92Cl3FN18O18S6. The summed E-state index contributed by atoms with van der Waals surface area (Å²) in [6.45, 7) is 5.39. The van der Waals surface area contributed by atoms with Gasteiger partial charge in [-0.25, -0.2) is 54.6 Å². The van der Waals surface area contributed by atoms with Gasteiger partial charge >= 0.3 is 5.69 Å². The van der Waals surface area contributed by atoms with Crippen LogP contribution in [0.15, 0.2) is 224 Å². The molecular weight excluding hydrogens is 1810 g/mol. The molecule has 6 N–H and O–H groups in total. The largest absolute Gasteiger partial charge is 0.398 e. The Morgan fingerprint density at radius 1 is 0.536 bits per heavy atom. The number of benzene rings is 7. The van der Waals surface area contributed by atoms with Crippen molar-refractivity contribution in [3.63, 3.8) is 0 Å². The summed E-state index contributed by atoms with van der Waals surface area (Å²) in [5.74, 6) is 0.988. The maximum atomic E-state index is 12.9. The molecule has 3 aliphatic rings. The molecule has 125 heavy (non-hydrogen) atoms. The second kappa shape index (κ2) is 47.8. The summed E-state index contributed by atoms with van der Waals surface area (Å²) in [6, 6.07) is 47.1. The van der Waals surface area contributed by atoms with Crippen LogP contribution in [0.4, 0.5) is 49.9 Å². The lowest BCUT2D eigenvalue weighted by Gasteiger charge is -2.25. The van der Waals surface area contributed by atoms with Crippen LogP contribution in [0, 0.1) is 80.9 Å². The fraction of sp³-hybridized carbons (Fsp3) is 0.304. The number of pyridine rings is 2. The van der Waals surface area contributed by atoms with Gasteiger partial charge in [-0.15, -0.1) is 11.8 Å². The highest BCUT2D eigenvalue weighted by molar-refractivity contribution is 7.98. The van der Waals surface area contributed by atoms with E-state index in [0.29, 0.717) is 69.4 Å². The van der Waals surface area contributed by atoms with Gasteiger partial charge in [0.2, 0.25) is 11.7 Å². The average Bonchev–Trinajstić information content (AvgIpc) is 1.62. The number of aromatic nitrogens is 6. The minimum atomic E-state index is -3.02. The van der Waals surface area contributed by atoms with E-state index in [0.717, 1.165) is 94.6 Å². The smallest absolute Gasteiger partial charge is 0.304 e. The monoisotopic (exact) mass is 1900 g/mol. The van der Waals surface area contributed by atoms with Gasteiger partial charge in [-0.1, -0.05) is 120 Å². The number of anilines is 3. The lowest BCUT2D eigenvalue weighted by atomic mass is 10.2. The third-order valence-corrected chi connectivity index (χ3v) is 27.2. The van der Waals surface area contributed by atoms with Crippen molar-refractivity contribution < 1.29 is 64.3 Å². The normalized spacial score (nSPS) is 15.8. The number of fused-ring (bicyclic) bond motifs is 2. The fourth-order valence-corrected chi connectivity index (χ4v) is 17.5. The Morgan fingerprint density at radius 3 is 1.34 bits per heavy atom. The van der Waals surface area contributed by atoms with E-state index >= 15 is 0 Å². The first-order valence-electron chi connectivity index (χ1n) is 37.2. The summed E-state index contributed by atoms with van der Waals surface area (Å²) in [6.07, 6.45) is 17.3. The van der Waals surface area contributed by atoms with Crippen LogP contribution < -0.4 is 16.8 Å². The molecule has 3 fully saturated rings. The van der Waals surface area contributed by atoms with Crippen LogP contribution in [-0.4, -0.2) is 153 Å². The Labute approximate surface area is 742 Å². The quantitative estimate of drug-likeness (QED) is 0.0229. The van der Waals surface area contributed by atoms with Crippen molar-refractivity contribution in [2.45, 2.75) is 107 Å². The summed E-state index contributed by atoms with van der Waals surface area (Å²) in [5.41, 5.74) is 14.4. The first-order chi connectivity index (χ1) is 59.0. The van der Waals surface area contributed by atoms with Crippen molar-refractivity contribution in [2.75, 3.05) is 82.9 Å². The molecule has 2 saturated heterocycles. The number of nitro groups is 5. The van der Waals surface area contributed by atoms with E-state index in [1.807, 2.05) is 59.6 Å². The summed E-state index contributed by atoms with van der Waals surface area (Å²) in [4.78, 5) is 79.4. The number of imidazole rings is 2. The highest BCUT2D eigenvalue weighted by Crippen LogP contribution is 2.37. The number of hydrogen-bond acceptors (Lipinski definition) is 29. The molecule has 670 valence electrons. The number of aryl methyl sites for hydroxylation is 2. The van der Waals surface area contributed by atoms with Crippen molar-refractivity contribution in [3.8, 4) is 0 Å². The molecule has 0 bridgehead atoms. The van der Waals surface area contributed by atoms with E-state index in [4.69, 9.17) is 65.5 Å². The molecule has 0 radical (unpaired) electrons. The van der Waals surface area contributed by atoms with Crippen LogP contribution in [0.5, 0.6) is 0 Å². The molecule has 7 aromatic carbocycles. The molecule has 6 heterocycles. The average molecular weight is 1900 g/mol. The molecule has 36 nitrogen and oxygen atoms in total. The van der Waals surface area contributed by atoms with E-state index in [9.17, 15) is 80.8 Å². The number of nitrogen functional groups attached to an aromatic ring is 1. The number of ether oxygens (including phenoxy) is 2. The number of thioether (sulfide) groups is 1. The SMILES string of the molecule is CN=S(C)(=O)c1ccccc1N.CN=S(C)(=O)c1ccccc1Nc1cc(Cl)nc2c1nc(C)n2C1CCCCO1.CN=S(C)(=O)c1ccccc1[N+](=O)[O-].CS(=N)(=O)c1ccccc1[N+](=O)[O-].CS(=O)c1ccccc1[N+](=O)[O-].CSc1ccccc1[N+](=O)[O-].Cc1nc2c(Cl)cc(Cl)nc2n1C1CCCCO1.NC(=O)C1CC1.O=[N+]([O-])c1ccccc1F. The zero-order valence-corrected chi connectivity index (χ0v) is 76.5. The number of para-hydroxylation sites is 7. The Bertz CT molecular complexity index is 6240.